The average molecular weight is 687 g/mol. The summed E-state index contributed by atoms with van der Waals surface area (Å²) >= 11 is 0. The van der Waals surface area contributed by atoms with Gasteiger partial charge < -0.3 is 24.0 Å². The minimum Gasteiger partial charge on any atom is -0.491 e. The van der Waals surface area contributed by atoms with Gasteiger partial charge in [0.25, 0.3) is 0 Å². The highest BCUT2D eigenvalue weighted by atomic mass is 16.8. The standard InChI is InChI=1S/C37H38N10O4/c1-3-28-4-6-29(7-5-28)37(24-45-26-38-25-39-45)50-23-34(51-37)22-49-33-14-12-31(13-15-33)44-20-18-43(19-21-44)30-8-10-32(11-9-30)46-27-40-47(35(46)48)17-16-36(2)41-42-36/h1,4-15,25-27,34H,16-24H2,2H3/t34-,37-/m1/s1. The molecule has 0 spiro atoms. The van der Waals surface area contributed by atoms with Gasteiger partial charge in [-0.3, -0.25) is 0 Å². The number of aryl methyl sites for hydroxylation is 1. The van der Waals surface area contributed by atoms with Crippen molar-refractivity contribution in [1.29, 1.82) is 0 Å². The molecule has 0 radical (unpaired) electrons. The minimum absolute atomic E-state index is 0.164. The van der Waals surface area contributed by atoms with Gasteiger partial charge in [-0.15, -0.1) is 6.42 Å². The number of ether oxygens (including phenoxy) is 3. The number of nitrogens with zero attached hydrogens (tertiary/aromatic N) is 10. The fraction of sp³-hybridized carbons (Fsp3) is 0.351. The van der Waals surface area contributed by atoms with E-state index in [-0.39, 0.29) is 17.5 Å². The van der Waals surface area contributed by atoms with Crippen LogP contribution in [0.2, 0.25) is 0 Å². The van der Waals surface area contributed by atoms with Crippen LogP contribution in [-0.2, 0) is 28.4 Å². The van der Waals surface area contributed by atoms with Crippen LogP contribution in [0.25, 0.3) is 5.69 Å². The number of hydrogen-bond acceptors (Lipinski definition) is 11. The van der Waals surface area contributed by atoms with Crippen molar-refractivity contribution in [2.24, 2.45) is 10.2 Å². The summed E-state index contributed by atoms with van der Waals surface area (Å²) in [5, 5.41) is 16.6. The zero-order valence-electron chi connectivity index (χ0n) is 28.3. The molecule has 0 unspecified atom stereocenters. The average Bonchev–Trinajstić information content (AvgIpc) is 3.51. The molecule has 0 N–H and O–H groups in total. The van der Waals surface area contributed by atoms with Crippen molar-refractivity contribution in [3.8, 4) is 23.8 Å². The molecule has 8 rings (SSSR count). The molecular formula is C37H38N10O4. The lowest BCUT2D eigenvalue weighted by Gasteiger charge is -2.37. The van der Waals surface area contributed by atoms with Gasteiger partial charge in [0.1, 0.15) is 44.0 Å². The van der Waals surface area contributed by atoms with Gasteiger partial charge in [-0.05, 0) is 67.6 Å². The van der Waals surface area contributed by atoms with Gasteiger partial charge in [0.05, 0.1) is 18.8 Å². The first-order chi connectivity index (χ1) is 24.9. The van der Waals surface area contributed by atoms with E-state index < -0.39 is 5.79 Å². The van der Waals surface area contributed by atoms with E-state index in [1.165, 1.54) is 11.0 Å². The monoisotopic (exact) mass is 686 g/mol. The second kappa shape index (κ2) is 13.5. The first kappa shape index (κ1) is 32.4. The molecule has 2 atom stereocenters. The van der Waals surface area contributed by atoms with Gasteiger partial charge in [0.2, 0.25) is 5.79 Å². The second-order valence-corrected chi connectivity index (χ2v) is 13.1. The molecule has 3 aliphatic heterocycles. The van der Waals surface area contributed by atoms with Crippen LogP contribution in [-0.4, -0.2) is 80.3 Å². The van der Waals surface area contributed by atoms with Crippen molar-refractivity contribution in [2.45, 2.75) is 44.0 Å². The molecule has 0 amide bonds. The van der Waals surface area contributed by atoms with Gasteiger partial charge in [0, 0.05) is 55.1 Å². The smallest absolute Gasteiger partial charge is 0.350 e. The maximum absolute atomic E-state index is 12.9. The zero-order valence-corrected chi connectivity index (χ0v) is 28.3. The Hall–Kier alpha value is -5.78. The van der Waals surface area contributed by atoms with Gasteiger partial charge >= 0.3 is 5.69 Å². The number of anilines is 2. The summed E-state index contributed by atoms with van der Waals surface area (Å²) in [5.74, 6) is 2.38. The normalized spacial score (nSPS) is 20.7. The number of hydrogen-bond donors (Lipinski definition) is 0. The lowest BCUT2D eigenvalue weighted by molar-refractivity contribution is -0.190. The summed E-state index contributed by atoms with van der Waals surface area (Å²) in [6.45, 7) is 7.00. The van der Waals surface area contributed by atoms with Crippen molar-refractivity contribution in [3.05, 3.63) is 113 Å². The van der Waals surface area contributed by atoms with E-state index in [2.05, 4.69) is 65.4 Å². The minimum atomic E-state index is -1.03. The van der Waals surface area contributed by atoms with Crippen LogP contribution < -0.4 is 20.2 Å². The molecule has 260 valence electrons. The van der Waals surface area contributed by atoms with Crippen molar-refractivity contribution >= 4 is 11.4 Å². The molecule has 2 saturated heterocycles. The van der Waals surface area contributed by atoms with Crippen LogP contribution in [0.3, 0.4) is 0 Å². The number of rotatable bonds is 12. The van der Waals surface area contributed by atoms with E-state index in [0.29, 0.717) is 32.7 Å². The highest BCUT2D eigenvalue weighted by molar-refractivity contribution is 5.54. The van der Waals surface area contributed by atoms with Crippen LogP contribution in [0.5, 0.6) is 5.75 Å². The number of aromatic nitrogens is 6. The molecule has 2 fully saturated rings. The Morgan fingerprint density at radius 2 is 1.55 bits per heavy atom. The largest absolute Gasteiger partial charge is 0.491 e. The summed E-state index contributed by atoms with van der Waals surface area (Å²) in [7, 11) is 0. The van der Waals surface area contributed by atoms with Crippen LogP contribution in [0.15, 0.2) is 107 Å². The molecule has 3 aliphatic rings. The van der Waals surface area contributed by atoms with Gasteiger partial charge in [-0.1, -0.05) is 18.1 Å². The summed E-state index contributed by atoms with van der Waals surface area (Å²) < 4.78 is 23.7. The van der Waals surface area contributed by atoms with E-state index >= 15 is 0 Å². The molecule has 51 heavy (non-hydrogen) atoms. The molecular weight excluding hydrogens is 648 g/mol. The van der Waals surface area contributed by atoms with E-state index in [0.717, 1.165) is 60.1 Å². The third-order valence-corrected chi connectivity index (χ3v) is 9.57. The number of terminal acetylenes is 1. The maximum atomic E-state index is 12.9. The summed E-state index contributed by atoms with van der Waals surface area (Å²) in [4.78, 5) is 21.7. The lowest BCUT2D eigenvalue weighted by Crippen LogP contribution is -2.46. The zero-order chi connectivity index (χ0) is 34.8. The Bertz CT molecular complexity index is 2070. The second-order valence-electron chi connectivity index (χ2n) is 13.1. The summed E-state index contributed by atoms with van der Waals surface area (Å²) in [6.07, 6.45) is 10.6. The molecule has 0 bridgehead atoms. The van der Waals surface area contributed by atoms with Gasteiger partial charge in [0.15, 0.2) is 5.66 Å². The van der Waals surface area contributed by atoms with Crippen LogP contribution in [0, 0.1) is 12.3 Å². The Kier molecular flexibility index (Phi) is 8.58. The molecule has 2 aromatic heterocycles. The quantitative estimate of drug-likeness (QED) is 0.180. The predicted octanol–water partition coefficient (Wildman–Crippen LogP) is 3.85. The highest BCUT2D eigenvalue weighted by Gasteiger charge is 2.44. The van der Waals surface area contributed by atoms with Gasteiger partial charge in [-0.2, -0.15) is 20.4 Å². The number of piperazine rings is 1. The molecule has 0 aliphatic carbocycles. The number of benzene rings is 3. The first-order valence-corrected chi connectivity index (χ1v) is 17.0. The van der Waals surface area contributed by atoms with Crippen molar-refractivity contribution in [3.63, 3.8) is 0 Å². The molecule has 14 nitrogen and oxygen atoms in total. The highest BCUT2D eigenvalue weighted by Crippen LogP contribution is 2.36. The fourth-order valence-corrected chi connectivity index (χ4v) is 6.48. The van der Waals surface area contributed by atoms with E-state index in [1.54, 1.807) is 21.9 Å². The topological polar surface area (TPSA) is 129 Å². The maximum Gasteiger partial charge on any atom is 0.350 e. The predicted molar refractivity (Wildman–Crippen MR) is 189 cm³/mol. The third-order valence-electron chi connectivity index (χ3n) is 9.57. The lowest BCUT2D eigenvalue weighted by atomic mass is 10.0. The molecule has 3 aromatic carbocycles. The molecule has 14 heteroatoms. The summed E-state index contributed by atoms with van der Waals surface area (Å²) in [5.41, 5.74) is 4.17. The molecule has 0 saturated carbocycles. The molecule has 5 aromatic rings. The van der Waals surface area contributed by atoms with E-state index in [1.807, 2.05) is 55.5 Å². The molecule has 5 heterocycles. The Balaban J connectivity index is 0.830. The Morgan fingerprint density at radius 1 is 0.882 bits per heavy atom. The summed E-state index contributed by atoms with van der Waals surface area (Å²) in [6, 6.07) is 23.9. The van der Waals surface area contributed by atoms with E-state index in [4.69, 9.17) is 20.6 Å². The fourth-order valence-electron chi connectivity index (χ4n) is 6.48. The van der Waals surface area contributed by atoms with E-state index in [9.17, 15) is 4.79 Å². The SMILES string of the molecule is C#Cc1ccc([C@]2(Cn3cncn3)OC[C@@H](COc3ccc(N4CCN(c5ccc(-n6cnn(CCC7(C)N=N7)c6=O)cc5)CC4)cc3)O2)cc1. The van der Waals surface area contributed by atoms with Crippen LogP contribution >= 0.6 is 0 Å². The Morgan fingerprint density at radius 3 is 2.18 bits per heavy atom. The third kappa shape index (κ3) is 6.99. The van der Waals surface area contributed by atoms with Crippen molar-refractivity contribution in [2.75, 3.05) is 49.2 Å². The Labute approximate surface area is 294 Å². The first-order valence-electron chi connectivity index (χ1n) is 17.0. The van der Waals surface area contributed by atoms with Crippen LogP contribution in [0.4, 0.5) is 11.4 Å². The van der Waals surface area contributed by atoms with Crippen LogP contribution in [0.1, 0.15) is 24.5 Å². The van der Waals surface area contributed by atoms with Crippen molar-refractivity contribution < 1.29 is 14.2 Å². The van der Waals surface area contributed by atoms with Gasteiger partial charge in [-0.25, -0.2) is 23.7 Å². The van der Waals surface area contributed by atoms with Crippen molar-refractivity contribution in [1.82, 2.24) is 29.1 Å².